The van der Waals surface area contributed by atoms with Gasteiger partial charge in [0.25, 0.3) is 11.4 Å². The number of nitrogens with one attached hydrogen (secondary N) is 2. The van der Waals surface area contributed by atoms with Gasteiger partial charge in [-0.3, -0.25) is 25.7 Å². The summed E-state index contributed by atoms with van der Waals surface area (Å²) < 4.78 is 8.96. The maximum Gasteiger partial charge on any atom is 0.354 e. The average Bonchev–Trinajstić information content (AvgIpc) is 3.25. The van der Waals surface area contributed by atoms with Crippen LogP contribution in [0, 0.1) is 20.2 Å². The normalized spacial score (nSPS) is 10.7. The van der Waals surface area contributed by atoms with Gasteiger partial charge in [0.2, 0.25) is 0 Å². The minimum Gasteiger partial charge on any atom is -0.464 e. The number of aromatic nitrogens is 1. The minimum absolute atomic E-state index is 0.0433. The summed E-state index contributed by atoms with van der Waals surface area (Å²) >= 11 is 11.4. The summed E-state index contributed by atoms with van der Waals surface area (Å²) in [5.41, 5.74) is 2.58. The highest BCUT2D eigenvalue weighted by Gasteiger charge is 2.19. The van der Waals surface area contributed by atoms with Gasteiger partial charge in [0.1, 0.15) is 22.6 Å². The molecule has 15 heteroatoms. The number of aromatic amines is 1. The van der Waals surface area contributed by atoms with Crippen LogP contribution in [0.25, 0.3) is 10.9 Å². The Morgan fingerprint density at radius 2 is 1.60 bits per heavy atom. The molecule has 3 aromatic rings. The Hall–Kier alpha value is -4.23. The van der Waals surface area contributed by atoms with E-state index in [2.05, 4.69) is 25.0 Å². The number of nitrogens with zero attached hydrogens (tertiary/aromatic N) is 3. The van der Waals surface area contributed by atoms with Crippen molar-refractivity contribution in [1.82, 2.24) is 4.98 Å². The highest BCUT2D eigenvalue weighted by molar-refractivity contribution is 6.35. The fraction of sp³-hybridized carbons (Fsp3) is 0.150. The number of carbonyl (C=O) groups excluding carboxylic acids is 2. The number of hydrogen-bond acceptors (Lipinski definition) is 10. The van der Waals surface area contributed by atoms with E-state index < -0.39 is 21.8 Å². The molecule has 2 N–H and O–H groups in total. The number of benzene rings is 2. The van der Waals surface area contributed by atoms with E-state index in [4.69, 9.17) is 23.2 Å². The molecule has 0 aliphatic rings. The van der Waals surface area contributed by atoms with Gasteiger partial charge in [0, 0.05) is 27.6 Å². The smallest absolute Gasteiger partial charge is 0.354 e. The zero-order valence-corrected chi connectivity index (χ0v) is 19.8. The number of H-pyrrole nitrogens is 1. The molecule has 13 nitrogen and oxygen atoms in total. The van der Waals surface area contributed by atoms with Gasteiger partial charge < -0.3 is 14.5 Å². The Morgan fingerprint density at radius 3 is 2.17 bits per heavy atom. The van der Waals surface area contributed by atoms with Crippen molar-refractivity contribution < 1.29 is 28.9 Å². The monoisotopic (exact) mass is 525 g/mol. The van der Waals surface area contributed by atoms with Crippen LogP contribution in [0.4, 0.5) is 17.1 Å². The molecular weight excluding hydrogens is 509 g/mol. The van der Waals surface area contributed by atoms with Crippen LogP contribution in [0.2, 0.25) is 10.0 Å². The number of ether oxygens (including phenoxy) is 2. The third-order valence-corrected chi connectivity index (χ3v) is 4.71. The minimum atomic E-state index is -0.626. The SMILES string of the molecule is COC(=O)/C(C)=N\Nc1ccc(Cl)cc1[N+](=O)[O-].COC(=O)c1cc2cc(Cl)cc([N+](=O)[O-])c2[nH]1. The molecule has 1 aromatic heterocycles. The van der Waals surface area contributed by atoms with Crippen molar-refractivity contribution >= 4 is 68.8 Å². The molecule has 0 fully saturated rings. The molecule has 0 radical (unpaired) electrons. The maximum atomic E-state index is 11.3. The summed E-state index contributed by atoms with van der Waals surface area (Å²) in [4.78, 5) is 45.4. The van der Waals surface area contributed by atoms with Gasteiger partial charge in [-0.05, 0) is 31.2 Å². The van der Waals surface area contributed by atoms with E-state index in [1.165, 1.54) is 57.5 Å². The van der Waals surface area contributed by atoms with Crippen LogP contribution < -0.4 is 5.43 Å². The summed E-state index contributed by atoms with van der Waals surface area (Å²) in [7, 11) is 2.45. The molecule has 0 unspecified atom stereocenters. The number of carbonyl (C=O) groups is 2. The van der Waals surface area contributed by atoms with E-state index >= 15 is 0 Å². The number of non-ortho nitro benzene ring substituents is 1. The molecule has 0 amide bonds. The first kappa shape index (κ1) is 27.0. The Labute approximate surface area is 206 Å². The van der Waals surface area contributed by atoms with Crippen molar-refractivity contribution in [2.24, 2.45) is 5.10 Å². The molecule has 0 saturated carbocycles. The number of fused-ring (bicyclic) bond motifs is 1. The van der Waals surface area contributed by atoms with Crippen molar-refractivity contribution in [3.63, 3.8) is 0 Å². The second-order valence-corrected chi connectivity index (χ2v) is 7.41. The van der Waals surface area contributed by atoms with Gasteiger partial charge in [0.05, 0.1) is 24.1 Å². The molecule has 0 bridgehead atoms. The van der Waals surface area contributed by atoms with Crippen LogP contribution in [-0.2, 0) is 14.3 Å². The van der Waals surface area contributed by atoms with E-state index in [0.717, 1.165) is 0 Å². The van der Waals surface area contributed by atoms with Gasteiger partial charge in [-0.25, -0.2) is 9.59 Å². The second-order valence-electron chi connectivity index (χ2n) is 6.54. The van der Waals surface area contributed by atoms with Crippen LogP contribution >= 0.6 is 23.2 Å². The van der Waals surface area contributed by atoms with Crippen LogP contribution in [0.15, 0.2) is 41.5 Å². The zero-order chi connectivity index (χ0) is 26.3. The van der Waals surface area contributed by atoms with Gasteiger partial charge >= 0.3 is 11.9 Å². The fourth-order valence-corrected chi connectivity index (χ4v) is 3.03. The summed E-state index contributed by atoms with van der Waals surface area (Å²) in [6.45, 7) is 1.42. The summed E-state index contributed by atoms with van der Waals surface area (Å²) in [6.07, 6.45) is 0. The number of anilines is 1. The molecule has 0 spiro atoms. The third kappa shape index (κ3) is 6.88. The van der Waals surface area contributed by atoms with Gasteiger partial charge in [-0.1, -0.05) is 23.2 Å². The highest BCUT2D eigenvalue weighted by atomic mass is 35.5. The van der Waals surface area contributed by atoms with Crippen molar-refractivity contribution in [1.29, 1.82) is 0 Å². The number of esters is 2. The number of hydrazone groups is 1. The number of hydrogen-bond donors (Lipinski definition) is 2. The lowest BCUT2D eigenvalue weighted by atomic mass is 10.2. The second kappa shape index (κ2) is 11.8. The Bertz CT molecular complexity index is 1340. The Balaban J connectivity index is 0.000000247. The van der Waals surface area contributed by atoms with E-state index in [1.54, 1.807) is 0 Å². The standard InChI is InChI=1S/C10H10ClN3O4.C10H7ClN2O4/c1-6(10(15)18-2)12-13-8-4-3-7(11)5-9(8)14(16)17;1-17-10(14)7-3-5-2-6(11)4-8(13(15)16)9(5)12-7/h3-5,13H,1-2H3;2-4,12H,1H3/b12-6-;. The van der Waals surface area contributed by atoms with Crippen molar-refractivity contribution in [2.75, 3.05) is 19.6 Å². The average molecular weight is 526 g/mol. The third-order valence-electron chi connectivity index (χ3n) is 4.26. The largest absolute Gasteiger partial charge is 0.464 e. The topological polar surface area (TPSA) is 179 Å². The van der Waals surface area contributed by atoms with E-state index in [-0.39, 0.29) is 44.0 Å². The predicted molar refractivity (Wildman–Crippen MR) is 128 cm³/mol. The molecule has 35 heavy (non-hydrogen) atoms. The maximum absolute atomic E-state index is 11.3. The van der Waals surface area contributed by atoms with Crippen LogP contribution in [0.3, 0.4) is 0 Å². The summed E-state index contributed by atoms with van der Waals surface area (Å²) in [6, 6.07) is 8.27. The first-order valence-corrected chi connectivity index (χ1v) is 10.1. The van der Waals surface area contributed by atoms with Crippen molar-refractivity contribution in [3.8, 4) is 0 Å². The Morgan fingerprint density at radius 1 is 0.971 bits per heavy atom. The van der Waals surface area contributed by atoms with E-state index in [9.17, 15) is 29.8 Å². The lowest BCUT2D eigenvalue weighted by Crippen LogP contribution is -2.13. The molecular formula is C20H17Cl2N5O8. The van der Waals surface area contributed by atoms with Crippen molar-refractivity contribution in [3.05, 3.63) is 72.4 Å². The van der Waals surface area contributed by atoms with Crippen LogP contribution in [0.5, 0.6) is 0 Å². The van der Waals surface area contributed by atoms with Gasteiger partial charge in [-0.2, -0.15) is 5.10 Å². The quantitative estimate of drug-likeness (QED) is 0.199. The summed E-state index contributed by atoms with van der Waals surface area (Å²) in [5.74, 6) is -1.22. The molecule has 3 rings (SSSR count). The number of nitro benzene ring substituents is 2. The van der Waals surface area contributed by atoms with Gasteiger partial charge in [0.15, 0.2) is 0 Å². The van der Waals surface area contributed by atoms with E-state index in [0.29, 0.717) is 5.39 Å². The number of nitro groups is 2. The van der Waals surface area contributed by atoms with Gasteiger partial charge in [-0.15, -0.1) is 0 Å². The molecule has 0 atom stereocenters. The lowest BCUT2D eigenvalue weighted by molar-refractivity contribution is -0.384. The summed E-state index contributed by atoms with van der Waals surface area (Å²) in [5, 5.41) is 26.2. The lowest BCUT2D eigenvalue weighted by Gasteiger charge is -2.03. The first-order valence-electron chi connectivity index (χ1n) is 9.36. The molecule has 0 aliphatic heterocycles. The number of methoxy groups -OCH3 is 2. The molecule has 2 aromatic carbocycles. The van der Waals surface area contributed by atoms with Crippen molar-refractivity contribution in [2.45, 2.75) is 6.92 Å². The molecule has 184 valence electrons. The zero-order valence-electron chi connectivity index (χ0n) is 18.3. The molecule has 0 aliphatic carbocycles. The molecule has 1 heterocycles. The van der Waals surface area contributed by atoms with Crippen LogP contribution in [-0.4, -0.2) is 46.7 Å². The van der Waals surface area contributed by atoms with E-state index in [1.807, 2.05) is 0 Å². The first-order chi connectivity index (χ1) is 16.5. The van der Waals surface area contributed by atoms with Crippen LogP contribution in [0.1, 0.15) is 17.4 Å². The predicted octanol–water partition coefficient (Wildman–Crippen LogP) is 4.73. The Kier molecular flexibility index (Phi) is 9.08. The molecule has 0 saturated heterocycles. The fourth-order valence-electron chi connectivity index (χ4n) is 2.64. The highest BCUT2D eigenvalue weighted by Crippen LogP contribution is 2.30. The number of rotatable bonds is 6. The number of halogens is 2.